The third-order valence-electron chi connectivity index (χ3n) is 2.66. The molecule has 0 fully saturated rings. The molecule has 3 heterocycles. The monoisotopic (exact) mass is 258 g/mol. The molecule has 0 saturated carbocycles. The molecule has 0 aliphatic carbocycles. The lowest BCUT2D eigenvalue weighted by molar-refractivity contribution is 0.679. The summed E-state index contributed by atoms with van der Waals surface area (Å²) >= 11 is 1.69. The zero-order chi connectivity index (χ0) is 12.4. The van der Waals surface area contributed by atoms with E-state index in [-0.39, 0.29) is 0 Å². The summed E-state index contributed by atoms with van der Waals surface area (Å²) in [5, 5.41) is 6.56. The highest BCUT2D eigenvalue weighted by Crippen LogP contribution is 2.09. The van der Waals surface area contributed by atoms with Crippen molar-refractivity contribution in [3.05, 3.63) is 52.4 Å². The first kappa shape index (κ1) is 11.4. The van der Waals surface area contributed by atoms with Crippen LogP contribution in [0.3, 0.4) is 0 Å². The zero-order valence-corrected chi connectivity index (χ0v) is 10.9. The van der Waals surface area contributed by atoms with Gasteiger partial charge in [0.05, 0.1) is 5.69 Å². The van der Waals surface area contributed by atoms with E-state index in [0.717, 1.165) is 35.1 Å². The minimum atomic E-state index is 0.764. The maximum atomic E-state index is 4.53. The van der Waals surface area contributed by atoms with Crippen molar-refractivity contribution in [2.24, 2.45) is 0 Å². The van der Waals surface area contributed by atoms with Crippen molar-refractivity contribution < 1.29 is 0 Å². The molecular formula is C13H14N4S. The number of pyridine rings is 1. The fourth-order valence-electron chi connectivity index (χ4n) is 1.85. The lowest BCUT2D eigenvalue weighted by Crippen LogP contribution is -2.12. The molecule has 5 heteroatoms. The van der Waals surface area contributed by atoms with Crippen LogP contribution < -0.4 is 5.32 Å². The molecule has 0 aromatic carbocycles. The summed E-state index contributed by atoms with van der Waals surface area (Å²) in [5.41, 5.74) is 3.12. The molecule has 1 N–H and O–H groups in total. The van der Waals surface area contributed by atoms with Gasteiger partial charge in [-0.2, -0.15) is 0 Å². The number of thiazole rings is 1. The highest BCUT2D eigenvalue weighted by Gasteiger charge is 2.02. The Morgan fingerprint density at radius 1 is 1.28 bits per heavy atom. The second-order valence-electron chi connectivity index (χ2n) is 4.18. The molecule has 0 aliphatic heterocycles. The predicted octanol–water partition coefficient (Wildman–Crippen LogP) is 2.39. The van der Waals surface area contributed by atoms with Crippen LogP contribution >= 0.6 is 11.3 Å². The highest BCUT2D eigenvalue weighted by molar-refractivity contribution is 7.09. The molecule has 18 heavy (non-hydrogen) atoms. The fourth-order valence-corrected chi connectivity index (χ4v) is 2.60. The van der Waals surface area contributed by atoms with Crippen molar-refractivity contribution in [1.29, 1.82) is 0 Å². The van der Waals surface area contributed by atoms with Crippen molar-refractivity contribution in [1.82, 2.24) is 19.7 Å². The van der Waals surface area contributed by atoms with Gasteiger partial charge in [-0.3, -0.25) is 0 Å². The van der Waals surface area contributed by atoms with Crippen molar-refractivity contribution in [3.8, 4) is 0 Å². The Bertz CT molecular complexity index is 623. The molecule has 3 aromatic heterocycles. The van der Waals surface area contributed by atoms with Crippen LogP contribution in [0.25, 0.3) is 5.65 Å². The Balaban J connectivity index is 1.62. The van der Waals surface area contributed by atoms with Gasteiger partial charge in [0, 0.05) is 36.6 Å². The fraction of sp³-hybridized carbons (Fsp3) is 0.231. The van der Waals surface area contributed by atoms with Crippen molar-refractivity contribution >= 4 is 17.0 Å². The van der Waals surface area contributed by atoms with E-state index in [0.29, 0.717) is 0 Å². The zero-order valence-electron chi connectivity index (χ0n) is 10.1. The van der Waals surface area contributed by atoms with Crippen molar-refractivity contribution in [2.75, 3.05) is 0 Å². The minimum Gasteiger partial charge on any atom is -0.307 e. The van der Waals surface area contributed by atoms with Gasteiger partial charge >= 0.3 is 0 Å². The van der Waals surface area contributed by atoms with E-state index >= 15 is 0 Å². The molecule has 3 aromatic rings. The van der Waals surface area contributed by atoms with Gasteiger partial charge in [0.15, 0.2) is 0 Å². The third-order valence-corrected chi connectivity index (χ3v) is 3.63. The molecule has 0 bridgehead atoms. The first-order chi connectivity index (χ1) is 8.81. The number of imidazole rings is 1. The maximum Gasteiger partial charge on any atom is 0.137 e. The Morgan fingerprint density at radius 2 is 2.22 bits per heavy atom. The largest absolute Gasteiger partial charge is 0.307 e. The molecule has 0 atom stereocenters. The number of nitrogens with zero attached hydrogens (tertiary/aromatic N) is 3. The van der Waals surface area contributed by atoms with Gasteiger partial charge < -0.3 is 9.72 Å². The van der Waals surface area contributed by atoms with Crippen LogP contribution in [0.5, 0.6) is 0 Å². The van der Waals surface area contributed by atoms with Gasteiger partial charge in [-0.05, 0) is 19.1 Å². The average Bonchev–Trinajstić information content (AvgIpc) is 2.95. The molecule has 92 valence electrons. The van der Waals surface area contributed by atoms with Crippen LogP contribution in [0.1, 0.15) is 16.4 Å². The Kier molecular flexibility index (Phi) is 3.08. The van der Waals surface area contributed by atoms with Crippen LogP contribution in [0.15, 0.2) is 36.0 Å². The van der Waals surface area contributed by atoms with Gasteiger partial charge in [-0.1, -0.05) is 6.07 Å². The molecule has 0 radical (unpaired) electrons. The van der Waals surface area contributed by atoms with Crippen LogP contribution in [0.2, 0.25) is 0 Å². The first-order valence-corrected chi connectivity index (χ1v) is 6.73. The molecular weight excluding hydrogens is 244 g/mol. The molecule has 0 unspecified atom stereocenters. The first-order valence-electron chi connectivity index (χ1n) is 5.85. The Labute approximate surface area is 109 Å². The number of nitrogens with one attached hydrogen (secondary N) is 1. The molecule has 3 rings (SSSR count). The van der Waals surface area contributed by atoms with E-state index in [2.05, 4.69) is 26.9 Å². The predicted molar refractivity (Wildman–Crippen MR) is 72.6 cm³/mol. The van der Waals surface area contributed by atoms with E-state index < -0.39 is 0 Å². The summed E-state index contributed by atoms with van der Waals surface area (Å²) < 4.78 is 2.03. The van der Waals surface area contributed by atoms with Crippen LogP contribution in [-0.2, 0) is 13.1 Å². The average molecular weight is 258 g/mol. The molecule has 0 aliphatic rings. The summed E-state index contributed by atoms with van der Waals surface area (Å²) in [4.78, 5) is 8.95. The van der Waals surface area contributed by atoms with Crippen LogP contribution in [-0.4, -0.2) is 14.4 Å². The third kappa shape index (κ3) is 2.42. The lowest BCUT2D eigenvalue weighted by atomic mass is 10.4. The van der Waals surface area contributed by atoms with Gasteiger partial charge in [-0.15, -0.1) is 11.3 Å². The van der Waals surface area contributed by atoms with Crippen molar-refractivity contribution in [3.63, 3.8) is 0 Å². The standard InChI is InChI=1S/C13H14N4S/c1-10-9-18-13(15-10)7-14-6-11-8-17-5-3-2-4-12(17)16-11/h2-5,8-9,14H,6-7H2,1H3. The van der Waals surface area contributed by atoms with E-state index in [1.165, 1.54) is 0 Å². The maximum absolute atomic E-state index is 4.53. The van der Waals surface area contributed by atoms with Gasteiger partial charge in [0.25, 0.3) is 0 Å². The second kappa shape index (κ2) is 4.88. The van der Waals surface area contributed by atoms with Gasteiger partial charge in [-0.25, -0.2) is 9.97 Å². The minimum absolute atomic E-state index is 0.764. The van der Waals surface area contributed by atoms with Gasteiger partial charge in [0.1, 0.15) is 10.7 Å². The number of hydrogen-bond donors (Lipinski definition) is 1. The lowest BCUT2D eigenvalue weighted by Gasteiger charge is -1.98. The molecule has 4 nitrogen and oxygen atoms in total. The van der Waals surface area contributed by atoms with E-state index in [1.807, 2.05) is 35.7 Å². The summed E-state index contributed by atoms with van der Waals surface area (Å²) in [7, 11) is 0. The smallest absolute Gasteiger partial charge is 0.137 e. The number of fused-ring (bicyclic) bond motifs is 1. The number of hydrogen-bond acceptors (Lipinski definition) is 4. The molecule has 0 saturated heterocycles. The number of aromatic nitrogens is 3. The molecule has 0 spiro atoms. The van der Waals surface area contributed by atoms with Gasteiger partial charge in [0.2, 0.25) is 0 Å². The SMILES string of the molecule is Cc1csc(CNCc2cn3ccccc3n2)n1. The van der Waals surface area contributed by atoms with Crippen LogP contribution in [0.4, 0.5) is 0 Å². The quantitative estimate of drug-likeness (QED) is 0.781. The van der Waals surface area contributed by atoms with Crippen molar-refractivity contribution in [2.45, 2.75) is 20.0 Å². The topological polar surface area (TPSA) is 42.2 Å². The Hall–Kier alpha value is -1.72. The normalized spacial score (nSPS) is 11.2. The van der Waals surface area contributed by atoms with Crippen LogP contribution in [0, 0.1) is 6.92 Å². The Morgan fingerprint density at radius 3 is 3.00 bits per heavy atom. The summed E-state index contributed by atoms with van der Waals surface area (Å²) in [6, 6.07) is 6.01. The second-order valence-corrected chi connectivity index (χ2v) is 5.13. The molecule has 0 amide bonds. The number of rotatable bonds is 4. The highest BCUT2D eigenvalue weighted by atomic mass is 32.1. The summed E-state index contributed by atoms with van der Waals surface area (Å²) in [6.07, 6.45) is 4.06. The number of aryl methyl sites for hydroxylation is 1. The van der Waals surface area contributed by atoms with E-state index in [1.54, 1.807) is 11.3 Å². The summed E-state index contributed by atoms with van der Waals surface area (Å²) in [5.74, 6) is 0. The van der Waals surface area contributed by atoms with E-state index in [4.69, 9.17) is 0 Å². The van der Waals surface area contributed by atoms with E-state index in [9.17, 15) is 0 Å². The summed E-state index contributed by atoms with van der Waals surface area (Å²) in [6.45, 7) is 3.58.